The van der Waals surface area contributed by atoms with Crippen molar-refractivity contribution in [2.45, 2.75) is 24.7 Å². The molecule has 0 bridgehead atoms. The second-order valence-electron chi connectivity index (χ2n) is 4.85. The van der Waals surface area contributed by atoms with Crippen molar-refractivity contribution in [1.29, 1.82) is 0 Å². The first-order chi connectivity index (χ1) is 12.1. The number of benzene rings is 1. The first kappa shape index (κ1) is 26.6. The van der Waals surface area contributed by atoms with Gasteiger partial charge in [0.25, 0.3) is 0 Å². The van der Waals surface area contributed by atoms with Crippen molar-refractivity contribution in [3.05, 3.63) is 33.4 Å². The summed E-state index contributed by atoms with van der Waals surface area (Å²) in [7, 11) is 0. The lowest BCUT2D eigenvalue weighted by atomic mass is 9.84. The molecule has 0 atom stereocenters. The summed E-state index contributed by atoms with van der Waals surface area (Å²) in [5.74, 6) is -6.87. The van der Waals surface area contributed by atoms with Crippen LogP contribution in [0, 0.1) is 0 Å². The van der Waals surface area contributed by atoms with Crippen LogP contribution < -0.4 is 12.4 Å². The van der Waals surface area contributed by atoms with Crippen molar-refractivity contribution in [2.75, 3.05) is 0 Å². The number of aromatic carboxylic acids is 2. The average molecular weight is 474 g/mol. The molecule has 0 aliphatic carbocycles. The van der Waals surface area contributed by atoms with Crippen molar-refractivity contribution in [3.8, 4) is 0 Å². The van der Waals surface area contributed by atoms with E-state index in [1.807, 2.05) is 0 Å². The standard InChI is InChI=1S/C12H2F12O4.ClH/c13-9(14,15)3-1(7(25)26)4(10(16,17)18)6(12(22,23)24)2(8(27)28)5(3)11(19,20)21;/h(H,25,26)(H,27,28);1H/p-1. The number of halogens is 13. The van der Waals surface area contributed by atoms with E-state index >= 15 is 0 Å². The molecule has 0 aliphatic heterocycles. The molecule has 4 nitrogen and oxygen atoms in total. The third kappa shape index (κ3) is 4.97. The minimum absolute atomic E-state index is 0. The van der Waals surface area contributed by atoms with Crippen LogP contribution in [0.2, 0.25) is 0 Å². The molecule has 166 valence electrons. The van der Waals surface area contributed by atoms with Crippen molar-refractivity contribution < 1.29 is 84.9 Å². The van der Waals surface area contributed by atoms with Gasteiger partial charge in [0, 0.05) is 0 Å². The van der Waals surface area contributed by atoms with Crippen LogP contribution in [0.15, 0.2) is 0 Å². The summed E-state index contributed by atoms with van der Waals surface area (Å²) in [6.45, 7) is 0. The third-order valence-corrected chi connectivity index (χ3v) is 3.06. The number of hydrogen-bond acceptors (Lipinski definition) is 2. The minimum Gasteiger partial charge on any atom is -1.00 e. The highest BCUT2D eigenvalue weighted by molar-refractivity contribution is 5.99. The van der Waals surface area contributed by atoms with Crippen molar-refractivity contribution in [3.63, 3.8) is 0 Å². The Kier molecular flexibility index (Phi) is 6.84. The number of carbonyl (C=O) groups is 2. The van der Waals surface area contributed by atoms with E-state index < -0.39 is 70.0 Å². The fraction of sp³-hybridized carbons (Fsp3) is 0.333. The highest BCUT2D eigenvalue weighted by Crippen LogP contribution is 2.52. The van der Waals surface area contributed by atoms with Crippen molar-refractivity contribution >= 4 is 11.9 Å². The van der Waals surface area contributed by atoms with Crippen LogP contribution in [0.4, 0.5) is 52.7 Å². The topological polar surface area (TPSA) is 74.6 Å². The molecule has 0 spiro atoms. The monoisotopic (exact) mass is 473 g/mol. The molecule has 0 saturated carbocycles. The lowest BCUT2D eigenvalue weighted by molar-refractivity contribution is -0.172. The van der Waals surface area contributed by atoms with Gasteiger partial charge in [0.1, 0.15) is 0 Å². The van der Waals surface area contributed by atoms with E-state index in [1.54, 1.807) is 0 Å². The van der Waals surface area contributed by atoms with Gasteiger partial charge < -0.3 is 22.6 Å². The molecule has 29 heavy (non-hydrogen) atoms. The molecule has 1 rings (SSSR count). The fourth-order valence-corrected chi connectivity index (χ4v) is 2.31. The van der Waals surface area contributed by atoms with Gasteiger partial charge >= 0.3 is 36.6 Å². The predicted octanol–water partition coefficient (Wildman–Crippen LogP) is 2.16. The number of carboxylic acid groups (broad SMARTS) is 2. The molecule has 0 amide bonds. The van der Waals surface area contributed by atoms with Gasteiger partial charge in [0.2, 0.25) is 0 Å². The molecule has 1 aromatic carbocycles. The Bertz CT molecular complexity index is 710. The summed E-state index contributed by atoms with van der Waals surface area (Å²) in [6.07, 6.45) is -26.5. The summed E-state index contributed by atoms with van der Waals surface area (Å²) in [5, 5.41) is 17.2. The zero-order chi connectivity index (χ0) is 22.6. The van der Waals surface area contributed by atoms with Crippen LogP contribution in [0.5, 0.6) is 0 Å². The Labute approximate surface area is 156 Å². The van der Waals surface area contributed by atoms with Crippen molar-refractivity contribution in [2.24, 2.45) is 0 Å². The van der Waals surface area contributed by atoms with Crippen LogP contribution in [-0.2, 0) is 24.7 Å². The van der Waals surface area contributed by atoms with Crippen LogP contribution in [0.25, 0.3) is 0 Å². The van der Waals surface area contributed by atoms with Crippen LogP contribution in [0.3, 0.4) is 0 Å². The molecule has 0 radical (unpaired) electrons. The van der Waals surface area contributed by atoms with Crippen molar-refractivity contribution in [1.82, 2.24) is 0 Å². The first-order valence-corrected chi connectivity index (χ1v) is 6.12. The molecule has 0 saturated heterocycles. The summed E-state index contributed by atoms with van der Waals surface area (Å²) in [6, 6.07) is 0. The van der Waals surface area contributed by atoms with Gasteiger partial charge in [-0.3, -0.25) is 0 Å². The Morgan fingerprint density at radius 3 is 0.690 bits per heavy atom. The maximum absolute atomic E-state index is 13.0. The molecule has 17 heteroatoms. The summed E-state index contributed by atoms with van der Waals surface area (Å²) in [5.41, 5.74) is -21.7. The summed E-state index contributed by atoms with van der Waals surface area (Å²) < 4.78 is 156. The van der Waals surface area contributed by atoms with E-state index in [0.29, 0.717) is 0 Å². The number of carboxylic acids is 2. The van der Waals surface area contributed by atoms with Gasteiger partial charge in [0.15, 0.2) is 0 Å². The van der Waals surface area contributed by atoms with E-state index in [-0.39, 0.29) is 12.4 Å². The Morgan fingerprint density at radius 1 is 0.483 bits per heavy atom. The molecule has 0 heterocycles. The summed E-state index contributed by atoms with van der Waals surface area (Å²) in [4.78, 5) is 21.8. The van der Waals surface area contributed by atoms with Crippen LogP contribution in [0.1, 0.15) is 43.0 Å². The highest BCUT2D eigenvalue weighted by Gasteiger charge is 2.58. The molecule has 2 N–H and O–H groups in total. The highest BCUT2D eigenvalue weighted by atomic mass is 35.5. The molecule has 0 unspecified atom stereocenters. The Hall–Kier alpha value is -2.39. The van der Waals surface area contributed by atoms with E-state index in [4.69, 9.17) is 10.2 Å². The van der Waals surface area contributed by atoms with E-state index in [2.05, 4.69) is 0 Å². The Morgan fingerprint density at radius 2 is 0.621 bits per heavy atom. The second-order valence-corrected chi connectivity index (χ2v) is 4.85. The first-order valence-electron chi connectivity index (χ1n) is 6.12. The number of alkyl halides is 12. The lowest BCUT2D eigenvalue weighted by Gasteiger charge is -2.27. The molecule has 0 aliphatic rings. The quantitative estimate of drug-likeness (QED) is 0.646. The number of hydrogen-bond donors (Lipinski definition) is 2. The lowest BCUT2D eigenvalue weighted by Crippen LogP contribution is -3.00. The third-order valence-electron chi connectivity index (χ3n) is 3.06. The van der Waals surface area contributed by atoms with Gasteiger partial charge in [0.05, 0.1) is 33.4 Å². The number of rotatable bonds is 2. The zero-order valence-corrected chi connectivity index (χ0v) is 13.4. The van der Waals surface area contributed by atoms with Gasteiger partial charge in [-0.2, -0.15) is 52.7 Å². The van der Waals surface area contributed by atoms with Crippen LogP contribution >= 0.6 is 0 Å². The predicted molar refractivity (Wildman–Crippen MR) is 60.4 cm³/mol. The van der Waals surface area contributed by atoms with E-state index in [0.717, 1.165) is 0 Å². The van der Waals surface area contributed by atoms with Gasteiger partial charge in [-0.05, 0) is 0 Å². The minimum atomic E-state index is -6.62. The Balaban J connectivity index is 0.00000784. The molecule has 0 aromatic heterocycles. The van der Waals surface area contributed by atoms with Gasteiger partial charge in [-0.15, -0.1) is 0 Å². The maximum atomic E-state index is 13.0. The van der Waals surface area contributed by atoms with Crippen LogP contribution in [-0.4, -0.2) is 22.2 Å². The molecular weight excluding hydrogens is 472 g/mol. The second kappa shape index (κ2) is 7.46. The molecular formula is C12H2ClF12O4-. The average Bonchev–Trinajstić information content (AvgIpc) is 2.39. The summed E-state index contributed by atoms with van der Waals surface area (Å²) >= 11 is 0. The smallest absolute Gasteiger partial charge is 0.417 e. The normalized spacial score (nSPS) is 13.1. The SMILES string of the molecule is O=C(O)c1c(C(F)(F)F)c(C(F)(F)F)c(C(=O)O)c(C(F)(F)F)c1C(F)(F)F.[Cl-]. The van der Waals surface area contributed by atoms with E-state index in [9.17, 15) is 62.3 Å². The fourth-order valence-electron chi connectivity index (χ4n) is 2.31. The largest absolute Gasteiger partial charge is 1.00 e. The van der Waals surface area contributed by atoms with Gasteiger partial charge in [-0.25, -0.2) is 9.59 Å². The molecule has 1 aromatic rings. The zero-order valence-electron chi connectivity index (χ0n) is 12.6. The molecule has 0 fully saturated rings. The van der Waals surface area contributed by atoms with E-state index in [1.165, 1.54) is 0 Å². The van der Waals surface area contributed by atoms with Gasteiger partial charge in [-0.1, -0.05) is 0 Å². The maximum Gasteiger partial charge on any atom is 0.417 e.